The van der Waals surface area contributed by atoms with Gasteiger partial charge in [-0.3, -0.25) is 10.5 Å². The number of rotatable bonds is 9. The number of nitrogen functional groups attached to an aromatic ring is 1. The van der Waals surface area contributed by atoms with E-state index in [0.717, 1.165) is 48.6 Å². The average molecular weight is 400 g/mol. The zero-order valence-electron chi connectivity index (χ0n) is 14.6. The van der Waals surface area contributed by atoms with Crippen molar-refractivity contribution in [3.8, 4) is 11.3 Å². The van der Waals surface area contributed by atoms with E-state index >= 15 is 0 Å². The Labute approximate surface area is 157 Å². The minimum Gasteiger partial charge on any atom is -0.316 e. The third-order valence-electron chi connectivity index (χ3n) is 4.39. The molecule has 2 aromatic heterocycles. The Morgan fingerprint density at radius 3 is 2.81 bits per heavy atom. The van der Waals surface area contributed by atoms with E-state index in [1.54, 1.807) is 17.5 Å². The number of hydrogen-bond acceptors (Lipinski definition) is 9. The summed E-state index contributed by atoms with van der Waals surface area (Å²) in [4.78, 5) is 7.88. The van der Waals surface area contributed by atoms with Crippen molar-refractivity contribution in [2.45, 2.75) is 12.8 Å². The summed E-state index contributed by atoms with van der Waals surface area (Å²) in [6.45, 7) is 4.01. The maximum atomic E-state index is 11.4. The zero-order valence-corrected chi connectivity index (χ0v) is 16.2. The normalized spacial score (nSPS) is 17.4. The van der Waals surface area contributed by atoms with E-state index < -0.39 is 9.84 Å². The summed E-state index contributed by atoms with van der Waals surface area (Å²) >= 11 is 1.55. The van der Waals surface area contributed by atoms with Crippen LogP contribution in [0.1, 0.15) is 11.3 Å². The summed E-state index contributed by atoms with van der Waals surface area (Å²) in [5.74, 6) is 6.07. The highest BCUT2D eigenvalue weighted by atomic mass is 32.2. The lowest BCUT2D eigenvalue weighted by atomic mass is 10.2. The van der Waals surface area contributed by atoms with Crippen LogP contribution in [0.25, 0.3) is 11.3 Å². The number of sulfone groups is 1. The number of hydrazine groups is 1. The molecule has 11 heteroatoms. The summed E-state index contributed by atoms with van der Waals surface area (Å²) in [6, 6.07) is 0. The quantitative estimate of drug-likeness (QED) is 0.265. The van der Waals surface area contributed by atoms with Crippen LogP contribution in [0.3, 0.4) is 0 Å². The van der Waals surface area contributed by atoms with Gasteiger partial charge in [0.05, 0.1) is 23.4 Å². The first-order valence-electron chi connectivity index (χ1n) is 8.66. The SMILES string of the molecule is NNc1nc(-c2cn[nH]c2)c(CCNCCCN2CCS(=O)(=O)CC2)s1. The lowest BCUT2D eigenvalue weighted by Gasteiger charge is -2.26. The Bertz CT molecular complexity index is 775. The molecule has 0 radical (unpaired) electrons. The number of hydrogen-bond donors (Lipinski definition) is 4. The Balaban J connectivity index is 1.38. The molecule has 5 N–H and O–H groups in total. The first-order chi connectivity index (χ1) is 12.6. The highest BCUT2D eigenvalue weighted by Gasteiger charge is 2.20. The van der Waals surface area contributed by atoms with Crippen LogP contribution in [-0.4, -0.2) is 72.7 Å². The summed E-state index contributed by atoms with van der Waals surface area (Å²) in [5.41, 5.74) is 4.48. The number of aromatic nitrogens is 3. The molecular weight excluding hydrogens is 374 g/mol. The minimum absolute atomic E-state index is 0.292. The summed E-state index contributed by atoms with van der Waals surface area (Å²) < 4.78 is 22.8. The third kappa shape index (κ3) is 5.24. The number of nitrogens with two attached hydrogens (primary N) is 1. The highest BCUT2D eigenvalue weighted by Crippen LogP contribution is 2.30. The fraction of sp³-hybridized carbons (Fsp3) is 0.600. The molecule has 0 bridgehead atoms. The predicted molar refractivity (Wildman–Crippen MR) is 104 cm³/mol. The van der Waals surface area contributed by atoms with E-state index in [1.165, 1.54) is 0 Å². The lowest BCUT2D eigenvalue weighted by molar-refractivity contribution is 0.290. The van der Waals surface area contributed by atoms with Crippen LogP contribution in [0.4, 0.5) is 5.13 Å². The predicted octanol–water partition coefficient (Wildman–Crippen LogP) is 0.0714. The average Bonchev–Trinajstić information content (AvgIpc) is 3.28. The van der Waals surface area contributed by atoms with Gasteiger partial charge in [-0.15, -0.1) is 11.3 Å². The van der Waals surface area contributed by atoms with Crippen molar-refractivity contribution < 1.29 is 8.42 Å². The first-order valence-corrected chi connectivity index (χ1v) is 11.3. The van der Waals surface area contributed by atoms with Crippen LogP contribution in [0.2, 0.25) is 0 Å². The van der Waals surface area contributed by atoms with Gasteiger partial charge in [-0.2, -0.15) is 5.10 Å². The van der Waals surface area contributed by atoms with Crippen molar-refractivity contribution in [2.75, 3.05) is 49.7 Å². The Kier molecular flexibility index (Phi) is 6.59. The molecule has 0 saturated carbocycles. The Morgan fingerprint density at radius 1 is 1.31 bits per heavy atom. The second-order valence-corrected chi connectivity index (χ2v) is 9.66. The van der Waals surface area contributed by atoms with Gasteiger partial charge in [-0.05, 0) is 25.9 Å². The molecule has 0 spiro atoms. The molecule has 2 aromatic rings. The second kappa shape index (κ2) is 8.91. The van der Waals surface area contributed by atoms with E-state index in [0.29, 0.717) is 29.7 Å². The minimum atomic E-state index is -2.79. The molecule has 9 nitrogen and oxygen atoms in total. The van der Waals surface area contributed by atoms with Gasteiger partial charge in [0.2, 0.25) is 0 Å². The maximum absolute atomic E-state index is 11.4. The van der Waals surface area contributed by atoms with Crippen LogP contribution in [0.5, 0.6) is 0 Å². The molecule has 1 aliphatic rings. The first kappa shape index (κ1) is 19.2. The van der Waals surface area contributed by atoms with Crippen LogP contribution in [-0.2, 0) is 16.3 Å². The van der Waals surface area contributed by atoms with Gasteiger partial charge in [0.15, 0.2) is 15.0 Å². The number of aromatic amines is 1. The fourth-order valence-electron chi connectivity index (χ4n) is 2.92. The van der Waals surface area contributed by atoms with Crippen LogP contribution < -0.4 is 16.6 Å². The van der Waals surface area contributed by atoms with Crippen LogP contribution in [0.15, 0.2) is 12.4 Å². The molecule has 0 unspecified atom stereocenters. The molecule has 3 heterocycles. The summed E-state index contributed by atoms with van der Waals surface area (Å²) in [6.07, 6.45) is 5.45. The van der Waals surface area contributed by atoms with Crippen molar-refractivity contribution in [3.63, 3.8) is 0 Å². The van der Waals surface area contributed by atoms with Crippen molar-refractivity contribution >= 4 is 26.3 Å². The molecule has 0 amide bonds. The van der Waals surface area contributed by atoms with Crippen molar-refractivity contribution in [1.82, 2.24) is 25.4 Å². The van der Waals surface area contributed by atoms with Crippen LogP contribution >= 0.6 is 11.3 Å². The Morgan fingerprint density at radius 2 is 2.12 bits per heavy atom. The zero-order chi connectivity index (χ0) is 18.4. The Hall–Kier alpha value is -1.53. The number of H-pyrrole nitrogens is 1. The number of thiazole rings is 1. The van der Waals surface area contributed by atoms with Gasteiger partial charge >= 0.3 is 0 Å². The summed E-state index contributed by atoms with van der Waals surface area (Å²) in [7, 11) is -2.79. The van der Waals surface area contributed by atoms with Crippen molar-refractivity contribution in [1.29, 1.82) is 0 Å². The van der Waals surface area contributed by atoms with E-state index in [9.17, 15) is 8.42 Å². The van der Waals surface area contributed by atoms with Crippen LogP contribution in [0, 0.1) is 0 Å². The van der Waals surface area contributed by atoms with Crippen molar-refractivity contribution in [2.24, 2.45) is 5.84 Å². The van der Waals surface area contributed by atoms with E-state index in [4.69, 9.17) is 5.84 Å². The van der Waals surface area contributed by atoms with Gasteiger partial charge in [0, 0.05) is 36.3 Å². The van der Waals surface area contributed by atoms with Gasteiger partial charge < -0.3 is 10.2 Å². The van der Waals surface area contributed by atoms with Gasteiger partial charge in [0.25, 0.3) is 0 Å². The largest absolute Gasteiger partial charge is 0.316 e. The van der Waals surface area contributed by atoms with Gasteiger partial charge in [-0.1, -0.05) is 0 Å². The lowest BCUT2D eigenvalue weighted by Crippen LogP contribution is -2.41. The molecule has 1 aliphatic heterocycles. The smallest absolute Gasteiger partial charge is 0.197 e. The molecule has 1 fully saturated rings. The molecule has 3 rings (SSSR count). The molecule has 0 aromatic carbocycles. The van der Waals surface area contributed by atoms with Crippen molar-refractivity contribution in [3.05, 3.63) is 17.3 Å². The second-order valence-electron chi connectivity index (χ2n) is 6.27. The number of nitrogens with zero attached hydrogens (tertiary/aromatic N) is 3. The van der Waals surface area contributed by atoms with E-state index in [1.807, 2.05) is 6.20 Å². The molecule has 0 aliphatic carbocycles. The molecule has 144 valence electrons. The maximum Gasteiger partial charge on any atom is 0.197 e. The molecule has 0 atom stereocenters. The molecule has 1 saturated heterocycles. The monoisotopic (exact) mass is 399 g/mol. The topological polar surface area (TPSA) is 129 Å². The van der Waals surface area contributed by atoms with Gasteiger partial charge in [-0.25, -0.2) is 19.2 Å². The highest BCUT2D eigenvalue weighted by molar-refractivity contribution is 7.91. The molecule has 26 heavy (non-hydrogen) atoms. The standard InChI is InChI=1S/C15H25N7O2S2/c16-21-15-20-14(12-10-18-19-11-12)13(25-15)2-4-17-3-1-5-22-6-8-26(23,24)9-7-22/h10-11,17H,1-9,16H2,(H,18,19)(H,20,21). The van der Waals surface area contributed by atoms with E-state index in [2.05, 4.69) is 30.8 Å². The van der Waals surface area contributed by atoms with E-state index in [-0.39, 0.29) is 0 Å². The fourth-order valence-corrected chi connectivity index (χ4v) is 5.09. The number of nitrogens with one attached hydrogen (secondary N) is 3. The summed E-state index contributed by atoms with van der Waals surface area (Å²) in [5, 5.41) is 10.9. The third-order valence-corrected chi connectivity index (χ3v) is 7.04. The van der Waals surface area contributed by atoms with Gasteiger partial charge in [0.1, 0.15) is 0 Å². The number of anilines is 1. The molecular formula is C15H25N7O2S2.